The molecule has 0 saturated carbocycles. The number of ether oxygens (including phenoxy) is 1. The lowest BCUT2D eigenvalue weighted by Crippen LogP contribution is -1.98. The van der Waals surface area contributed by atoms with E-state index in [4.69, 9.17) is 10.5 Å². The predicted octanol–water partition coefficient (Wildman–Crippen LogP) is 2.22. The topological polar surface area (TPSA) is 61.0 Å². The maximum atomic E-state index is 5.83. The Labute approximate surface area is 106 Å². The molecular weight excluding hydrogens is 226 g/mol. The summed E-state index contributed by atoms with van der Waals surface area (Å²) in [7, 11) is 0. The third-order valence-electron chi connectivity index (χ3n) is 3.21. The number of nitrogens with two attached hydrogens (primary N) is 1. The summed E-state index contributed by atoms with van der Waals surface area (Å²) in [5.41, 5.74) is 8.93. The number of benzene rings is 1. The minimum atomic E-state index is 0.545. The maximum absolute atomic E-state index is 5.83. The molecule has 4 nitrogen and oxygen atoms in total. The predicted molar refractivity (Wildman–Crippen MR) is 68.5 cm³/mol. The molecule has 2 aromatic rings. The first kappa shape index (κ1) is 11.2. The Kier molecular flexibility index (Phi) is 2.94. The Hall–Kier alpha value is -1.94. The summed E-state index contributed by atoms with van der Waals surface area (Å²) in [5.74, 6) is 1.48. The Balaban J connectivity index is 1.86. The first-order chi connectivity index (χ1) is 8.86. The van der Waals surface area contributed by atoms with Crippen LogP contribution in [0.25, 0.3) is 0 Å². The number of aryl methyl sites for hydroxylation is 1. The van der Waals surface area contributed by atoms with Crippen LogP contribution in [0.15, 0.2) is 30.6 Å². The first-order valence-corrected chi connectivity index (χ1v) is 6.16. The fourth-order valence-electron chi connectivity index (χ4n) is 2.22. The molecule has 0 saturated heterocycles. The number of rotatable bonds is 3. The van der Waals surface area contributed by atoms with Crippen molar-refractivity contribution in [3.05, 3.63) is 47.4 Å². The van der Waals surface area contributed by atoms with Crippen molar-refractivity contribution in [1.29, 1.82) is 0 Å². The molecule has 0 unspecified atom stereocenters. The third-order valence-corrected chi connectivity index (χ3v) is 3.21. The largest absolute Gasteiger partial charge is 0.439 e. The second kappa shape index (κ2) is 4.74. The van der Waals surface area contributed by atoms with Crippen molar-refractivity contribution >= 4 is 0 Å². The zero-order valence-electron chi connectivity index (χ0n) is 10.1. The third kappa shape index (κ3) is 2.07. The molecule has 3 rings (SSSR count). The van der Waals surface area contributed by atoms with Crippen LogP contribution in [0, 0.1) is 0 Å². The molecule has 1 aliphatic carbocycles. The molecule has 0 fully saturated rings. The van der Waals surface area contributed by atoms with Crippen LogP contribution in [0.3, 0.4) is 0 Å². The molecule has 2 N–H and O–H groups in total. The second-order valence-corrected chi connectivity index (χ2v) is 4.41. The van der Waals surface area contributed by atoms with Gasteiger partial charge < -0.3 is 10.5 Å². The van der Waals surface area contributed by atoms with E-state index >= 15 is 0 Å². The summed E-state index contributed by atoms with van der Waals surface area (Å²) in [5, 5.41) is 0. The van der Waals surface area contributed by atoms with Crippen LogP contribution >= 0.6 is 0 Å². The van der Waals surface area contributed by atoms with Gasteiger partial charge in [0.2, 0.25) is 5.88 Å². The van der Waals surface area contributed by atoms with Crippen LogP contribution in [0.4, 0.5) is 0 Å². The zero-order chi connectivity index (χ0) is 12.4. The molecule has 0 atom stereocenters. The summed E-state index contributed by atoms with van der Waals surface area (Å²) in [4.78, 5) is 8.51. The van der Waals surface area contributed by atoms with Gasteiger partial charge in [-0.25, -0.2) is 9.97 Å². The first-order valence-electron chi connectivity index (χ1n) is 6.16. The SMILES string of the molecule is NCc1ccc(Oc2ncnc3c2CCC3)cc1. The molecular formula is C14H15N3O. The molecule has 0 spiro atoms. The van der Waals surface area contributed by atoms with Gasteiger partial charge in [-0.2, -0.15) is 0 Å². The lowest BCUT2D eigenvalue weighted by atomic mass is 10.2. The monoisotopic (exact) mass is 241 g/mol. The Morgan fingerprint density at radius 2 is 1.94 bits per heavy atom. The molecule has 1 aliphatic rings. The highest BCUT2D eigenvalue weighted by Gasteiger charge is 2.18. The smallest absolute Gasteiger partial charge is 0.225 e. The van der Waals surface area contributed by atoms with Crippen molar-refractivity contribution in [3.63, 3.8) is 0 Å². The van der Waals surface area contributed by atoms with Crippen LogP contribution in [0.2, 0.25) is 0 Å². The van der Waals surface area contributed by atoms with Gasteiger partial charge in [0.05, 0.1) is 5.69 Å². The van der Waals surface area contributed by atoms with E-state index in [0.717, 1.165) is 41.8 Å². The van der Waals surface area contributed by atoms with E-state index in [1.165, 1.54) is 0 Å². The Morgan fingerprint density at radius 1 is 1.11 bits per heavy atom. The molecule has 0 amide bonds. The van der Waals surface area contributed by atoms with Crippen molar-refractivity contribution in [1.82, 2.24) is 9.97 Å². The van der Waals surface area contributed by atoms with Gasteiger partial charge in [-0.3, -0.25) is 0 Å². The zero-order valence-corrected chi connectivity index (χ0v) is 10.1. The van der Waals surface area contributed by atoms with Crippen LogP contribution < -0.4 is 10.5 Å². The summed E-state index contributed by atoms with van der Waals surface area (Å²) in [6.45, 7) is 0.545. The van der Waals surface area contributed by atoms with E-state index in [9.17, 15) is 0 Å². The molecule has 92 valence electrons. The van der Waals surface area contributed by atoms with E-state index in [-0.39, 0.29) is 0 Å². The summed E-state index contributed by atoms with van der Waals surface area (Å²) in [6.07, 6.45) is 4.75. The summed E-state index contributed by atoms with van der Waals surface area (Å²) < 4.78 is 5.83. The Morgan fingerprint density at radius 3 is 2.72 bits per heavy atom. The normalized spacial score (nSPS) is 13.4. The van der Waals surface area contributed by atoms with Crippen LogP contribution in [0.1, 0.15) is 23.2 Å². The number of aromatic nitrogens is 2. The van der Waals surface area contributed by atoms with Crippen LogP contribution in [-0.2, 0) is 19.4 Å². The maximum Gasteiger partial charge on any atom is 0.225 e. The van der Waals surface area contributed by atoms with E-state index in [0.29, 0.717) is 12.4 Å². The average Bonchev–Trinajstić information content (AvgIpc) is 2.89. The van der Waals surface area contributed by atoms with Crippen LogP contribution in [-0.4, -0.2) is 9.97 Å². The highest BCUT2D eigenvalue weighted by atomic mass is 16.5. The quantitative estimate of drug-likeness (QED) is 0.895. The number of nitrogens with zero attached hydrogens (tertiary/aromatic N) is 2. The van der Waals surface area contributed by atoms with Crippen LogP contribution in [0.5, 0.6) is 11.6 Å². The van der Waals surface area contributed by atoms with E-state index in [1.807, 2.05) is 24.3 Å². The van der Waals surface area contributed by atoms with E-state index in [1.54, 1.807) is 6.33 Å². The molecule has 1 aromatic carbocycles. The highest BCUT2D eigenvalue weighted by molar-refractivity contribution is 5.37. The second-order valence-electron chi connectivity index (χ2n) is 4.41. The average molecular weight is 241 g/mol. The number of hydrogen-bond acceptors (Lipinski definition) is 4. The highest BCUT2D eigenvalue weighted by Crippen LogP contribution is 2.30. The molecule has 0 bridgehead atoms. The summed E-state index contributed by atoms with van der Waals surface area (Å²) >= 11 is 0. The van der Waals surface area contributed by atoms with Crippen molar-refractivity contribution in [3.8, 4) is 11.6 Å². The molecule has 18 heavy (non-hydrogen) atoms. The minimum absolute atomic E-state index is 0.545. The van der Waals surface area contributed by atoms with E-state index in [2.05, 4.69) is 9.97 Å². The fourth-order valence-corrected chi connectivity index (χ4v) is 2.22. The number of fused-ring (bicyclic) bond motifs is 1. The molecule has 4 heteroatoms. The van der Waals surface area contributed by atoms with Gasteiger partial charge in [-0.15, -0.1) is 0 Å². The van der Waals surface area contributed by atoms with E-state index < -0.39 is 0 Å². The Bertz CT molecular complexity index is 551. The fraction of sp³-hybridized carbons (Fsp3) is 0.286. The lowest BCUT2D eigenvalue weighted by Gasteiger charge is -2.08. The van der Waals surface area contributed by atoms with Gasteiger partial charge in [0.25, 0.3) is 0 Å². The standard InChI is InChI=1S/C14H15N3O/c15-8-10-4-6-11(7-5-10)18-14-12-2-1-3-13(12)16-9-17-14/h4-7,9H,1-3,8,15H2. The van der Waals surface area contributed by atoms with Crippen molar-refractivity contribution in [2.75, 3.05) is 0 Å². The van der Waals surface area contributed by atoms with Gasteiger partial charge in [-0.1, -0.05) is 12.1 Å². The van der Waals surface area contributed by atoms with Crippen molar-refractivity contribution in [2.45, 2.75) is 25.8 Å². The molecule has 1 heterocycles. The van der Waals surface area contributed by atoms with Gasteiger partial charge in [0, 0.05) is 12.1 Å². The van der Waals surface area contributed by atoms with Gasteiger partial charge in [-0.05, 0) is 37.0 Å². The molecule has 0 radical (unpaired) electrons. The van der Waals surface area contributed by atoms with Gasteiger partial charge in [0.15, 0.2) is 0 Å². The van der Waals surface area contributed by atoms with Crippen molar-refractivity contribution < 1.29 is 4.74 Å². The minimum Gasteiger partial charge on any atom is -0.439 e. The molecule has 1 aromatic heterocycles. The van der Waals surface area contributed by atoms with Gasteiger partial charge in [0.1, 0.15) is 12.1 Å². The lowest BCUT2D eigenvalue weighted by molar-refractivity contribution is 0.455. The van der Waals surface area contributed by atoms with Crippen molar-refractivity contribution in [2.24, 2.45) is 5.73 Å². The van der Waals surface area contributed by atoms with Gasteiger partial charge >= 0.3 is 0 Å². The molecule has 0 aliphatic heterocycles. The number of hydrogen-bond donors (Lipinski definition) is 1. The summed E-state index contributed by atoms with van der Waals surface area (Å²) in [6, 6.07) is 7.78.